The van der Waals surface area contributed by atoms with E-state index in [1.54, 1.807) is 30.3 Å². The summed E-state index contributed by atoms with van der Waals surface area (Å²) in [6.07, 6.45) is -1.09. The quantitative estimate of drug-likeness (QED) is 0.600. The van der Waals surface area contributed by atoms with Gasteiger partial charge in [-0.05, 0) is 43.7 Å². The van der Waals surface area contributed by atoms with Crippen molar-refractivity contribution in [2.45, 2.75) is 31.4 Å². The highest BCUT2D eigenvalue weighted by atomic mass is 32.2. The van der Waals surface area contributed by atoms with Crippen LogP contribution in [-0.4, -0.2) is 39.7 Å². The molecule has 0 aliphatic carbocycles. The Labute approximate surface area is 174 Å². The Morgan fingerprint density at radius 1 is 1.10 bits per heavy atom. The lowest BCUT2D eigenvalue weighted by atomic mass is 10.2. The first-order valence-corrected chi connectivity index (χ1v) is 10.6. The van der Waals surface area contributed by atoms with E-state index in [1.807, 2.05) is 6.92 Å². The zero-order valence-electron chi connectivity index (χ0n) is 16.5. The van der Waals surface area contributed by atoms with Gasteiger partial charge in [0.15, 0.2) is 17.6 Å². The van der Waals surface area contributed by atoms with Crippen molar-refractivity contribution in [1.29, 1.82) is 0 Å². The summed E-state index contributed by atoms with van der Waals surface area (Å²) in [6.45, 7) is 3.01. The Balaban J connectivity index is 1.45. The average Bonchev–Trinajstić information content (AvgIpc) is 3.18. The van der Waals surface area contributed by atoms with E-state index in [1.165, 1.54) is 19.1 Å². The third-order valence-corrected chi connectivity index (χ3v) is 5.74. The Morgan fingerprint density at radius 2 is 1.80 bits per heavy atom. The lowest BCUT2D eigenvalue weighted by molar-refractivity contribution is -0.153. The van der Waals surface area contributed by atoms with E-state index >= 15 is 0 Å². The molecule has 1 amide bonds. The number of sulfonamides is 1. The molecule has 1 heterocycles. The Bertz CT molecular complexity index is 1040. The molecule has 0 spiro atoms. The number of aryl methyl sites for hydroxylation is 1. The van der Waals surface area contributed by atoms with Crippen LogP contribution in [0.2, 0.25) is 0 Å². The molecular weight excluding hydrogens is 412 g/mol. The maximum Gasteiger partial charge on any atom is 0.321 e. The molecular formula is C20H22N2O7S. The highest BCUT2D eigenvalue weighted by Crippen LogP contribution is 2.32. The van der Waals surface area contributed by atoms with Gasteiger partial charge in [-0.2, -0.15) is 4.72 Å². The number of hydrogen-bond donors (Lipinski definition) is 2. The smallest absolute Gasteiger partial charge is 0.321 e. The molecule has 1 atom stereocenters. The number of carbonyl (C=O) groups is 2. The molecule has 1 aliphatic rings. The first-order valence-electron chi connectivity index (χ1n) is 9.16. The number of nitrogens with one attached hydrogen (secondary N) is 2. The maximum absolute atomic E-state index is 12.2. The SMILES string of the molecule is Cc1ccc(S(=O)(=O)NCC(=O)O[C@@H](C)C(=O)NCc2ccc3c(c2)OCO3)cc1. The molecule has 2 aromatic rings. The van der Waals surface area contributed by atoms with E-state index < -0.39 is 34.5 Å². The van der Waals surface area contributed by atoms with Crippen LogP contribution in [0.5, 0.6) is 11.5 Å². The zero-order valence-corrected chi connectivity index (χ0v) is 17.3. The van der Waals surface area contributed by atoms with Gasteiger partial charge in [0.25, 0.3) is 5.91 Å². The molecule has 0 bridgehead atoms. The standard InChI is InChI=1S/C20H22N2O7S/c1-13-3-6-16(7-4-13)30(25,26)22-11-19(23)29-14(2)20(24)21-10-15-5-8-17-18(9-15)28-12-27-17/h3-9,14,22H,10-12H2,1-2H3,(H,21,24)/t14-/m0/s1. The van der Waals surface area contributed by atoms with Crippen molar-refractivity contribution in [3.8, 4) is 11.5 Å². The van der Waals surface area contributed by atoms with Crippen LogP contribution in [0.4, 0.5) is 0 Å². The Hall–Kier alpha value is -3.11. The summed E-state index contributed by atoms with van der Waals surface area (Å²) in [5.74, 6) is -0.138. The van der Waals surface area contributed by atoms with Crippen molar-refractivity contribution in [3.63, 3.8) is 0 Å². The van der Waals surface area contributed by atoms with Crippen molar-refractivity contribution in [1.82, 2.24) is 10.0 Å². The fourth-order valence-corrected chi connectivity index (χ4v) is 3.60. The molecule has 2 N–H and O–H groups in total. The van der Waals surface area contributed by atoms with Gasteiger partial charge in [0.1, 0.15) is 6.54 Å². The molecule has 0 radical (unpaired) electrons. The average molecular weight is 434 g/mol. The van der Waals surface area contributed by atoms with Gasteiger partial charge in [-0.1, -0.05) is 23.8 Å². The molecule has 160 valence electrons. The molecule has 1 aliphatic heterocycles. The second-order valence-electron chi connectivity index (χ2n) is 6.68. The fraction of sp³-hybridized carbons (Fsp3) is 0.300. The number of rotatable bonds is 8. The summed E-state index contributed by atoms with van der Waals surface area (Å²) in [7, 11) is -3.85. The highest BCUT2D eigenvalue weighted by molar-refractivity contribution is 7.89. The van der Waals surface area contributed by atoms with Crippen molar-refractivity contribution in [2.75, 3.05) is 13.3 Å². The summed E-state index contributed by atoms with van der Waals surface area (Å²) in [5.41, 5.74) is 1.70. The fourth-order valence-electron chi connectivity index (χ4n) is 2.63. The minimum absolute atomic E-state index is 0.0374. The number of hydrogen-bond acceptors (Lipinski definition) is 7. The van der Waals surface area contributed by atoms with E-state index in [0.29, 0.717) is 11.5 Å². The van der Waals surface area contributed by atoms with Crippen molar-refractivity contribution < 1.29 is 32.2 Å². The summed E-state index contributed by atoms with van der Waals surface area (Å²) in [5, 5.41) is 2.65. The van der Waals surface area contributed by atoms with E-state index in [0.717, 1.165) is 11.1 Å². The number of fused-ring (bicyclic) bond motifs is 1. The minimum Gasteiger partial charge on any atom is -0.454 e. The van der Waals surface area contributed by atoms with Crippen molar-refractivity contribution >= 4 is 21.9 Å². The van der Waals surface area contributed by atoms with Crippen molar-refractivity contribution in [2.24, 2.45) is 0 Å². The van der Waals surface area contributed by atoms with Gasteiger partial charge in [0.2, 0.25) is 16.8 Å². The summed E-state index contributed by atoms with van der Waals surface area (Å²) >= 11 is 0. The second kappa shape index (κ2) is 9.14. The first-order chi connectivity index (χ1) is 14.2. The molecule has 2 aromatic carbocycles. The van der Waals surface area contributed by atoms with Gasteiger partial charge in [0, 0.05) is 6.54 Å². The van der Waals surface area contributed by atoms with Gasteiger partial charge in [-0.15, -0.1) is 0 Å². The normalized spacial score (nSPS) is 13.5. The van der Waals surface area contributed by atoms with Gasteiger partial charge in [-0.25, -0.2) is 8.42 Å². The van der Waals surface area contributed by atoms with E-state index in [9.17, 15) is 18.0 Å². The van der Waals surface area contributed by atoms with E-state index in [-0.39, 0.29) is 18.2 Å². The van der Waals surface area contributed by atoms with Crippen LogP contribution in [-0.2, 0) is 30.9 Å². The molecule has 0 unspecified atom stereocenters. The molecule has 9 nitrogen and oxygen atoms in total. The Morgan fingerprint density at radius 3 is 2.53 bits per heavy atom. The highest BCUT2D eigenvalue weighted by Gasteiger charge is 2.21. The predicted molar refractivity (Wildman–Crippen MR) is 106 cm³/mol. The second-order valence-corrected chi connectivity index (χ2v) is 8.44. The topological polar surface area (TPSA) is 120 Å². The van der Waals surface area contributed by atoms with E-state index in [2.05, 4.69) is 10.0 Å². The number of benzene rings is 2. The monoisotopic (exact) mass is 434 g/mol. The molecule has 3 rings (SSSR count). The molecule has 0 saturated heterocycles. The number of carbonyl (C=O) groups excluding carboxylic acids is 2. The minimum atomic E-state index is -3.85. The predicted octanol–water partition coefficient (Wildman–Crippen LogP) is 1.25. The summed E-state index contributed by atoms with van der Waals surface area (Å²) < 4.78 is 42.0. The van der Waals surface area contributed by atoms with Crippen LogP contribution in [0.1, 0.15) is 18.1 Å². The van der Waals surface area contributed by atoms with Crippen LogP contribution in [0, 0.1) is 6.92 Å². The van der Waals surface area contributed by atoms with E-state index in [4.69, 9.17) is 14.2 Å². The van der Waals surface area contributed by atoms with Crippen LogP contribution in [0.15, 0.2) is 47.4 Å². The largest absolute Gasteiger partial charge is 0.454 e. The Kier molecular flexibility index (Phi) is 6.58. The number of ether oxygens (including phenoxy) is 3. The molecule has 0 fully saturated rings. The number of amides is 1. The van der Waals surface area contributed by atoms with Crippen LogP contribution >= 0.6 is 0 Å². The molecule has 30 heavy (non-hydrogen) atoms. The van der Waals surface area contributed by atoms with Crippen LogP contribution in [0.3, 0.4) is 0 Å². The van der Waals surface area contributed by atoms with Gasteiger partial charge < -0.3 is 19.5 Å². The molecule has 0 aromatic heterocycles. The summed E-state index contributed by atoms with van der Waals surface area (Å²) in [6, 6.07) is 11.5. The third kappa shape index (κ3) is 5.49. The van der Waals surface area contributed by atoms with Crippen molar-refractivity contribution in [3.05, 3.63) is 53.6 Å². The first kappa shape index (κ1) is 21.6. The van der Waals surface area contributed by atoms with Gasteiger partial charge in [0.05, 0.1) is 4.90 Å². The third-order valence-electron chi connectivity index (χ3n) is 4.32. The van der Waals surface area contributed by atoms with Gasteiger partial charge >= 0.3 is 5.97 Å². The van der Waals surface area contributed by atoms with Crippen LogP contribution < -0.4 is 19.5 Å². The van der Waals surface area contributed by atoms with Crippen LogP contribution in [0.25, 0.3) is 0 Å². The molecule has 0 saturated carbocycles. The zero-order chi connectivity index (χ0) is 21.7. The number of esters is 1. The summed E-state index contributed by atoms with van der Waals surface area (Å²) in [4.78, 5) is 24.1. The molecule has 10 heteroatoms. The maximum atomic E-state index is 12.2. The van der Waals surface area contributed by atoms with Gasteiger partial charge in [-0.3, -0.25) is 9.59 Å². The lowest BCUT2D eigenvalue weighted by Crippen LogP contribution is -2.38. The lowest BCUT2D eigenvalue weighted by Gasteiger charge is -2.14.